The van der Waals surface area contributed by atoms with Crippen molar-refractivity contribution in [3.63, 3.8) is 0 Å². The van der Waals surface area contributed by atoms with Crippen molar-refractivity contribution in [2.75, 3.05) is 80.7 Å². The second kappa shape index (κ2) is 18.7. The van der Waals surface area contributed by atoms with E-state index in [1.54, 1.807) is 0 Å². The lowest BCUT2D eigenvalue weighted by molar-refractivity contribution is -0.891. The summed E-state index contributed by atoms with van der Waals surface area (Å²) in [6, 6.07) is 15.7. The van der Waals surface area contributed by atoms with Crippen LogP contribution in [-0.4, -0.2) is 111 Å². The molecule has 46 heavy (non-hydrogen) atoms. The van der Waals surface area contributed by atoms with Gasteiger partial charge in [0.25, 0.3) is 11.8 Å². The molecule has 2 aromatic rings. The number of quaternary nitrogens is 2. The molecule has 10 heteroatoms. The van der Waals surface area contributed by atoms with E-state index in [-0.39, 0.29) is 58.2 Å². The summed E-state index contributed by atoms with van der Waals surface area (Å²) >= 11 is 0. The highest BCUT2D eigenvalue weighted by molar-refractivity contribution is 5.99. The maximum absolute atomic E-state index is 13.0. The highest BCUT2D eigenvalue weighted by Crippen LogP contribution is 2.35. The predicted octanol–water partition coefficient (Wildman–Crippen LogP) is -0.130. The van der Waals surface area contributed by atoms with Gasteiger partial charge in [-0.25, -0.2) is 0 Å². The molecule has 0 fully saturated rings. The Balaban J connectivity index is 0.00000368. The largest absolute Gasteiger partial charge is 1.00 e. The first-order valence-electron chi connectivity index (χ1n) is 16.8. The predicted molar refractivity (Wildman–Crippen MR) is 175 cm³/mol. The normalized spacial score (nSPS) is 17.5. The molecule has 4 rings (SSSR count). The fourth-order valence-corrected chi connectivity index (χ4v) is 6.78. The summed E-state index contributed by atoms with van der Waals surface area (Å²) in [4.78, 5) is 29.8. The second-order valence-electron chi connectivity index (χ2n) is 13.7. The molecule has 2 aromatic carbocycles. The monoisotopic (exact) mass is 766 g/mol. The minimum atomic E-state index is -0.256. The van der Waals surface area contributed by atoms with E-state index in [1.807, 2.05) is 72.2 Å². The lowest BCUT2D eigenvalue weighted by Crippen LogP contribution is -3.00. The summed E-state index contributed by atoms with van der Waals surface area (Å²) in [7, 11) is 9.22. The number of carbonyl (C=O) groups excluding carboxylic acids is 2. The quantitative estimate of drug-likeness (QED) is 0.148. The van der Waals surface area contributed by atoms with Gasteiger partial charge in [0.2, 0.25) is 0 Å². The van der Waals surface area contributed by atoms with Crippen LogP contribution in [0.15, 0.2) is 48.5 Å². The number of fused-ring (bicyclic) bond motifs is 2. The molecule has 2 atom stereocenters. The molecular weight excluding hydrogens is 712 g/mol. The summed E-state index contributed by atoms with van der Waals surface area (Å²) in [5.74, 6) is 0.186. The Hall–Kier alpha value is -1.82. The Labute approximate surface area is 298 Å². The van der Waals surface area contributed by atoms with Gasteiger partial charge in [0, 0.05) is 61.4 Å². The minimum Gasteiger partial charge on any atom is -1.00 e. The third-order valence-electron chi connectivity index (χ3n) is 9.25. The van der Waals surface area contributed by atoms with Crippen molar-refractivity contribution >= 4 is 11.8 Å². The van der Waals surface area contributed by atoms with Crippen LogP contribution in [0.5, 0.6) is 0 Å². The van der Waals surface area contributed by atoms with Crippen LogP contribution in [0.25, 0.3) is 0 Å². The first kappa shape index (κ1) is 40.4. The molecule has 2 heterocycles. The van der Waals surface area contributed by atoms with E-state index in [2.05, 4.69) is 28.2 Å². The van der Waals surface area contributed by atoms with E-state index in [0.29, 0.717) is 13.2 Å². The number of halogens is 2. The summed E-state index contributed by atoms with van der Waals surface area (Å²) < 4.78 is 13.9. The molecule has 0 spiro atoms. The van der Waals surface area contributed by atoms with Crippen LogP contribution >= 0.6 is 0 Å². The van der Waals surface area contributed by atoms with Crippen molar-refractivity contribution in [1.29, 1.82) is 0 Å². The van der Waals surface area contributed by atoms with E-state index < -0.39 is 0 Å². The van der Waals surface area contributed by atoms with Crippen molar-refractivity contribution in [3.05, 3.63) is 70.8 Å². The Morgan fingerprint density at radius 1 is 0.565 bits per heavy atom. The first-order valence-corrected chi connectivity index (χ1v) is 16.8. The van der Waals surface area contributed by atoms with E-state index in [9.17, 15) is 9.59 Å². The highest BCUT2D eigenvalue weighted by atomic mass is 79.9. The third-order valence-corrected chi connectivity index (χ3v) is 9.25. The molecule has 2 aliphatic rings. The number of ether oxygens (including phenoxy) is 2. The zero-order chi connectivity index (χ0) is 31.7. The van der Waals surface area contributed by atoms with Gasteiger partial charge in [-0.3, -0.25) is 9.59 Å². The first-order chi connectivity index (χ1) is 21.1. The Bertz CT molecular complexity index is 1160. The Kier molecular flexibility index (Phi) is 16.4. The maximum Gasteiger partial charge on any atom is 0.256 e. The summed E-state index contributed by atoms with van der Waals surface area (Å²) in [5, 5.41) is 0. The molecule has 0 aliphatic carbocycles. The van der Waals surface area contributed by atoms with Crippen LogP contribution in [0.3, 0.4) is 0 Å². The van der Waals surface area contributed by atoms with E-state index in [0.717, 1.165) is 83.3 Å². The SMILES string of the molecule is CCOC1c2ccccc2C(=O)N1CCC[N+](C)(C)CCCCCC[N+](C)(C)CCCN1C(=O)c2ccccc2C1OCC.[Br-].[Br-]. The van der Waals surface area contributed by atoms with E-state index >= 15 is 0 Å². The number of unbranched alkanes of at least 4 members (excludes halogenated alkanes) is 3. The second-order valence-corrected chi connectivity index (χ2v) is 13.7. The molecule has 0 N–H and O–H groups in total. The number of rotatable bonds is 19. The average molecular weight is 769 g/mol. The highest BCUT2D eigenvalue weighted by Gasteiger charge is 2.38. The van der Waals surface area contributed by atoms with Crippen LogP contribution in [0.2, 0.25) is 0 Å². The summed E-state index contributed by atoms with van der Waals surface area (Å²) in [6.45, 7) is 11.0. The fraction of sp³-hybridized carbons (Fsp3) is 0.611. The topological polar surface area (TPSA) is 59.1 Å². The lowest BCUT2D eigenvalue weighted by atomic mass is 10.1. The van der Waals surface area contributed by atoms with Gasteiger partial charge < -0.3 is 62.2 Å². The van der Waals surface area contributed by atoms with Gasteiger partial charge in [-0.05, 0) is 51.7 Å². The molecule has 2 aliphatic heterocycles. The molecule has 0 aromatic heterocycles. The summed E-state index contributed by atoms with van der Waals surface area (Å²) in [5.41, 5.74) is 3.56. The van der Waals surface area contributed by atoms with Gasteiger partial charge in [0.15, 0.2) is 12.5 Å². The van der Waals surface area contributed by atoms with Crippen molar-refractivity contribution < 1.29 is 62.0 Å². The van der Waals surface area contributed by atoms with Gasteiger partial charge in [-0.2, -0.15) is 0 Å². The number of benzene rings is 2. The molecule has 2 amide bonds. The van der Waals surface area contributed by atoms with Crippen molar-refractivity contribution in [3.8, 4) is 0 Å². The number of amides is 2. The van der Waals surface area contributed by atoms with Crippen LogP contribution in [0, 0.1) is 0 Å². The Morgan fingerprint density at radius 2 is 0.913 bits per heavy atom. The lowest BCUT2D eigenvalue weighted by Gasteiger charge is -2.32. The molecule has 0 saturated carbocycles. The van der Waals surface area contributed by atoms with Gasteiger partial charge >= 0.3 is 0 Å². The van der Waals surface area contributed by atoms with Gasteiger partial charge in [0.05, 0.1) is 54.4 Å². The van der Waals surface area contributed by atoms with Crippen molar-refractivity contribution in [2.24, 2.45) is 0 Å². The Morgan fingerprint density at radius 3 is 1.28 bits per heavy atom. The molecule has 0 radical (unpaired) electrons. The van der Waals surface area contributed by atoms with Gasteiger partial charge in [-0.1, -0.05) is 36.4 Å². The van der Waals surface area contributed by atoms with Crippen LogP contribution in [-0.2, 0) is 9.47 Å². The third kappa shape index (κ3) is 10.3. The molecular formula is C36H56Br2N4O4. The smallest absolute Gasteiger partial charge is 0.256 e. The molecule has 8 nitrogen and oxygen atoms in total. The fourth-order valence-electron chi connectivity index (χ4n) is 6.78. The van der Waals surface area contributed by atoms with E-state index in [4.69, 9.17) is 9.47 Å². The molecule has 258 valence electrons. The van der Waals surface area contributed by atoms with E-state index in [1.165, 1.54) is 25.7 Å². The zero-order valence-electron chi connectivity index (χ0n) is 28.9. The van der Waals surface area contributed by atoms with Gasteiger partial charge in [0.1, 0.15) is 0 Å². The van der Waals surface area contributed by atoms with Crippen LogP contribution in [0.1, 0.15) is 96.7 Å². The zero-order valence-corrected chi connectivity index (χ0v) is 32.0. The van der Waals surface area contributed by atoms with Crippen molar-refractivity contribution in [2.45, 2.75) is 64.8 Å². The molecule has 2 unspecified atom stereocenters. The maximum atomic E-state index is 13.0. The number of nitrogens with zero attached hydrogens (tertiary/aromatic N) is 4. The van der Waals surface area contributed by atoms with Crippen molar-refractivity contribution in [1.82, 2.24) is 9.80 Å². The minimum absolute atomic E-state index is 0. The summed E-state index contributed by atoms with van der Waals surface area (Å²) in [6.07, 6.45) is 6.32. The number of carbonyl (C=O) groups is 2. The average Bonchev–Trinajstić information content (AvgIpc) is 3.41. The van der Waals surface area contributed by atoms with Crippen LogP contribution in [0.4, 0.5) is 0 Å². The number of hydrogen-bond donors (Lipinski definition) is 0. The molecule has 0 bridgehead atoms. The molecule has 0 saturated heterocycles. The number of hydrogen-bond acceptors (Lipinski definition) is 4. The van der Waals surface area contributed by atoms with Crippen LogP contribution < -0.4 is 34.0 Å². The van der Waals surface area contributed by atoms with Gasteiger partial charge in [-0.15, -0.1) is 0 Å². The standard InChI is InChI=1S/C36H56N4O4.2BrH/c1-7-43-35-31-21-13-11-19-29(31)33(41)37(35)23-17-27-39(3,4)25-15-9-10-16-26-40(5,6)28-18-24-38-34(42)30-20-12-14-22-32(30)36(38)44-8-2;;/h11-14,19-22,35-36H,7-10,15-18,23-28H2,1-6H3;2*1H/q+2;;/p-2.